The first kappa shape index (κ1) is 15.7. The first-order valence-corrected chi connectivity index (χ1v) is 6.42. The minimum atomic E-state index is -1.17. The second-order valence-electron chi connectivity index (χ2n) is 4.18. The van der Waals surface area contributed by atoms with E-state index in [1.807, 2.05) is 5.32 Å². The third-order valence-electron chi connectivity index (χ3n) is 2.67. The lowest BCUT2D eigenvalue weighted by atomic mass is 10.2. The van der Waals surface area contributed by atoms with Gasteiger partial charge in [-0.15, -0.1) is 0 Å². The van der Waals surface area contributed by atoms with E-state index in [2.05, 4.69) is 10.2 Å². The molecular weight excluding hydrogens is 316 g/mol. The standard InChI is InChI=1S/C14H10ClF2N3O2/c15-20-9-6-4-8(5-7-9)18-14(22)19-13(21)12-10(16)2-1-3-11(12)17/h1-7,20H,(H2,18,19,21,22). The van der Waals surface area contributed by atoms with E-state index in [9.17, 15) is 18.4 Å². The van der Waals surface area contributed by atoms with Crippen molar-refractivity contribution in [3.05, 3.63) is 59.7 Å². The lowest BCUT2D eigenvalue weighted by molar-refractivity contribution is 0.0959. The maximum absolute atomic E-state index is 13.4. The van der Waals surface area contributed by atoms with Crippen LogP contribution in [0.3, 0.4) is 0 Å². The molecule has 0 atom stereocenters. The quantitative estimate of drug-likeness (QED) is 0.756. The third-order valence-corrected chi connectivity index (χ3v) is 2.89. The normalized spacial score (nSPS) is 9.95. The van der Waals surface area contributed by atoms with Crippen molar-refractivity contribution in [3.63, 3.8) is 0 Å². The number of imide groups is 1. The summed E-state index contributed by atoms with van der Waals surface area (Å²) in [6, 6.07) is 8.27. The van der Waals surface area contributed by atoms with Crippen molar-refractivity contribution in [2.24, 2.45) is 0 Å². The van der Waals surface area contributed by atoms with Crippen molar-refractivity contribution in [3.8, 4) is 0 Å². The van der Waals surface area contributed by atoms with Crippen molar-refractivity contribution >= 4 is 35.1 Å². The summed E-state index contributed by atoms with van der Waals surface area (Å²) in [7, 11) is 0. The summed E-state index contributed by atoms with van der Waals surface area (Å²) in [4.78, 5) is 25.7. The Kier molecular flexibility index (Phi) is 4.90. The molecule has 5 nitrogen and oxygen atoms in total. The molecule has 2 aromatic rings. The summed E-state index contributed by atoms with van der Waals surface area (Å²) in [5.74, 6) is -3.28. The largest absolute Gasteiger partial charge is 0.326 e. The first-order valence-electron chi connectivity index (χ1n) is 6.04. The molecule has 0 heterocycles. The lowest BCUT2D eigenvalue weighted by Gasteiger charge is -2.08. The van der Waals surface area contributed by atoms with Crippen LogP contribution >= 0.6 is 11.8 Å². The van der Waals surface area contributed by atoms with Gasteiger partial charge in [0.15, 0.2) is 0 Å². The molecule has 0 radical (unpaired) electrons. The minimum Gasteiger partial charge on any atom is -0.308 e. The van der Waals surface area contributed by atoms with E-state index < -0.39 is 29.1 Å². The maximum atomic E-state index is 13.4. The summed E-state index contributed by atoms with van der Waals surface area (Å²) in [6.07, 6.45) is 0. The van der Waals surface area contributed by atoms with Gasteiger partial charge in [-0.25, -0.2) is 13.6 Å². The van der Waals surface area contributed by atoms with Gasteiger partial charge in [-0.3, -0.25) is 14.9 Å². The van der Waals surface area contributed by atoms with Crippen molar-refractivity contribution in [2.75, 3.05) is 10.2 Å². The molecule has 0 saturated carbocycles. The molecule has 2 aromatic carbocycles. The summed E-state index contributed by atoms with van der Waals surface area (Å²) in [5, 5.41) is 4.19. The van der Waals surface area contributed by atoms with E-state index in [4.69, 9.17) is 11.8 Å². The van der Waals surface area contributed by atoms with Crippen LogP contribution in [-0.4, -0.2) is 11.9 Å². The van der Waals surface area contributed by atoms with Gasteiger partial charge in [0.1, 0.15) is 17.2 Å². The molecule has 0 aliphatic rings. The average molecular weight is 326 g/mol. The van der Waals surface area contributed by atoms with E-state index in [1.165, 1.54) is 12.1 Å². The Morgan fingerprint density at radius 2 is 1.45 bits per heavy atom. The molecular formula is C14H10ClF2N3O2. The fraction of sp³-hybridized carbons (Fsp3) is 0. The highest BCUT2D eigenvalue weighted by molar-refractivity contribution is 6.24. The van der Waals surface area contributed by atoms with Crippen LogP contribution in [0.15, 0.2) is 42.5 Å². The number of hydrogen-bond acceptors (Lipinski definition) is 3. The molecule has 8 heteroatoms. The monoisotopic (exact) mass is 325 g/mol. The minimum absolute atomic E-state index is 0.370. The van der Waals surface area contributed by atoms with Gasteiger partial charge in [-0.2, -0.15) is 0 Å². The maximum Gasteiger partial charge on any atom is 0.326 e. The lowest BCUT2D eigenvalue weighted by Crippen LogP contribution is -2.35. The molecule has 114 valence electrons. The first-order chi connectivity index (χ1) is 10.5. The molecule has 0 aliphatic carbocycles. The number of hydrogen-bond donors (Lipinski definition) is 3. The van der Waals surface area contributed by atoms with Gasteiger partial charge in [0.05, 0.1) is 0 Å². The van der Waals surface area contributed by atoms with Crippen LogP contribution in [-0.2, 0) is 0 Å². The summed E-state index contributed by atoms with van der Waals surface area (Å²) in [6.45, 7) is 0. The highest BCUT2D eigenvalue weighted by atomic mass is 35.5. The molecule has 0 spiro atoms. The summed E-state index contributed by atoms with van der Waals surface area (Å²) >= 11 is 5.39. The Morgan fingerprint density at radius 1 is 0.909 bits per heavy atom. The highest BCUT2D eigenvalue weighted by Crippen LogP contribution is 2.14. The van der Waals surface area contributed by atoms with E-state index in [1.54, 1.807) is 12.1 Å². The molecule has 22 heavy (non-hydrogen) atoms. The predicted molar refractivity (Wildman–Crippen MR) is 78.8 cm³/mol. The van der Waals surface area contributed by atoms with Gasteiger partial charge in [0, 0.05) is 23.2 Å². The number of halogens is 3. The number of urea groups is 1. The number of anilines is 2. The van der Waals surface area contributed by atoms with E-state index >= 15 is 0 Å². The zero-order chi connectivity index (χ0) is 16.1. The number of carbonyl (C=O) groups excluding carboxylic acids is 2. The molecule has 2 rings (SSSR count). The van der Waals surface area contributed by atoms with Crippen LogP contribution in [0.5, 0.6) is 0 Å². The average Bonchev–Trinajstić information content (AvgIpc) is 2.47. The highest BCUT2D eigenvalue weighted by Gasteiger charge is 2.19. The zero-order valence-electron chi connectivity index (χ0n) is 11.0. The Morgan fingerprint density at radius 3 is 2.00 bits per heavy atom. The smallest absolute Gasteiger partial charge is 0.308 e. The van der Waals surface area contributed by atoms with Crippen molar-refractivity contribution in [2.45, 2.75) is 0 Å². The van der Waals surface area contributed by atoms with Crippen LogP contribution in [0.2, 0.25) is 0 Å². The molecule has 0 aromatic heterocycles. The van der Waals surface area contributed by atoms with E-state index in [0.717, 1.165) is 18.2 Å². The SMILES string of the molecule is O=C(NC(=O)c1c(F)cccc1F)Nc1ccc(NCl)cc1. The van der Waals surface area contributed by atoms with Crippen LogP contribution in [0.1, 0.15) is 10.4 Å². The molecule has 3 amide bonds. The number of amides is 3. The Balaban J connectivity index is 2.03. The molecule has 0 fully saturated rings. The zero-order valence-corrected chi connectivity index (χ0v) is 11.7. The van der Waals surface area contributed by atoms with E-state index in [-0.39, 0.29) is 0 Å². The summed E-state index contributed by atoms with van der Waals surface area (Å²) < 4.78 is 26.8. The Bertz CT molecular complexity index is 687. The van der Waals surface area contributed by atoms with Crippen LogP contribution in [0, 0.1) is 11.6 Å². The fourth-order valence-electron chi connectivity index (χ4n) is 1.66. The molecule has 3 N–H and O–H groups in total. The number of nitrogens with one attached hydrogen (secondary N) is 3. The van der Waals surface area contributed by atoms with E-state index in [0.29, 0.717) is 11.4 Å². The number of rotatable bonds is 3. The molecule has 0 aliphatic heterocycles. The van der Waals surface area contributed by atoms with Gasteiger partial charge in [-0.1, -0.05) is 6.07 Å². The Hall–Kier alpha value is -2.67. The van der Waals surface area contributed by atoms with Crippen molar-refractivity contribution < 1.29 is 18.4 Å². The third kappa shape index (κ3) is 3.70. The fourth-order valence-corrected chi connectivity index (χ4v) is 1.79. The summed E-state index contributed by atoms with van der Waals surface area (Å²) in [5.41, 5.74) is 0.159. The van der Waals surface area contributed by atoms with Gasteiger partial charge in [0.25, 0.3) is 5.91 Å². The Labute approximate surface area is 129 Å². The topological polar surface area (TPSA) is 70.2 Å². The van der Waals surface area contributed by atoms with Crippen LogP contribution in [0.4, 0.5) is 25.0 Å². The van der Waals surface area contributed by atoms with Crippen molar-refractivity contribution in [1.29, 1.82) is 0 Å². The van der Waals surface area contributed by atoms with Crippen LogP contribution < -0.4 is 15.5 Å². The predicted octanol–water partition coefficient (Wildman–Crippen LogP) is 3.49. The van der Waals surface area contributed by atoms with Gasteiger partial charge < -0.3 is 5.32 Å². The van der Waals surface area contributed by atoms with Gasteiger partial charge in [-0.05, 0) is 36.4 Å². The molecule has 0 bridgehead atoms. The number of carbonyl (C=O) groups is 2. The van der Waals surface area contributed by atoms with Gasteiger partial charge >= 0.3 is 6.03 Å². The second-order valence-corrected chi connectivity index (χ2v) is 4.37. The van der Waals surface area contributed by atoms with Crippen molar-refractivity contribution in [1.82, 2.24) is 5.32 Å². The second kappa shape index (κ2) is 6.86. The van der Waals surface area contributed by atoms with Crippen LogP contribution in [0.25, 0.3) is 0 Å². The van der Waals surface area contributed by atoms with Gasteiger partial charge in [0.2, 0.25) is 0 Å². The molecule has 0 unspecified atom stereocenters. The molecule has 0 saturated heterocycles. The number of benzene rings is 2.